The highest BCUT2D eigenvalue weighted by Crippen LogP contribution is 2.22. The van der Waals surface area contributed by atoms with E-state index in [4.69, 9.17) is 0 Å². The number of aryl methyl sites for hydroxylation is 1. The lowest BCUT2D eigenvalue weighted by atomic mass is 10.1. The van der Waals surface area contributed by atoms with Gasteiger partial charge >= 0.3 is 5.69 Å². The lowest BCUT2D eigenvalue weighted by Crippen LogP contribution is -2.27. The topological polar surface area (TPSA) is 108 Å². The first-order chi connectivity index (χ1) is 13.3. The third-order valence-electron chi connectivity index (χ3n) is 4.30. The molecule has 10 heteroatoms. The largest absolute Gasteiger partial charge is 0.350 e. The van der Waals surface area contributed by atoms with Gasteiger partial charge in [0.1, 0.15) is 11.4 Å². The van der Waals surface area contributed by atoms with E-state index in [9.17, 15) is 14.9 Å². The van der Waals surface area contributed by atoms with Crippen molar-refractivity contribution in [2.45, 2.75) is 26.9 Å². The number of hydrogen-bond acceptors (Lipinski definition) is 5. The third-order valence-corrected chi connectivity index (χ3v) is 4.71. The molecule has 146 valence electrons. The number of nitro groups is 1. The van der Waals surface area contributed by atoms with Crippen LogP contribution >= 0.6 is 15.9 Å². The van der Waals surface area contributed by atoms with Crippen molar-refractivity contribution in [3.05, 3.63) is 73.8 Å². The smallest absolute Gasteiger partial charge is 0.312 e. The van der Waals surface area contributed by atoms with E-state index in [2.05, 4.69) is 31.4 Å². The number of nitrogens with one attached hydrogen (secondary N) is 1. The summed E-state index contributed by atoms with van der Waals surface area (Å²) in [5.74, 6) is -0.167. The first-order valence-electron chi connectivity index (χ1n) is 8.58. The Kier molecular flexibility index (Phi) is 5.88. The number of aromatic nitrogens is 4. The van der Waals surface area contributed by atoms with Gasteiger partial charge in [-0.05, 0) is 47.5 Å². The summed E-state index contributed by atoms with van der Waals surface area (Å²) in [5.41, 5.74) is 2.39. The third kappa shape index (κ3) is 4.45. The number of carbonyl (C=O) groups is 1. The molecule has 0 fully saturated rings. The second kappa shape index (κ2) is 8.34. The zero-order valence-corrected chi connectivity index (χ0v) is 17.0. The Bertz CT molecular complexity index is 1010. The Morgan fingerprint density at radius 1 is 1.29 bits per heavy atom. The van der Waals surface area contributed by atoms with Crippen LogP contribution in [0.2, 0.25) is 0 Å². The monoisotopic (exact) mass is 446 g/mol. The van der Waals surface area contributed by atoms with Crippen LogP contribution in [0.4, 0.5) is 5.69 Å². The van der Waals surface area contributed by atoms with Crippen molar-refractivity contribution in [1.82, 2.24) is 24.9 Å². The maximum Gasteiger partial charge on any atom is 0.312 e. The lowest BCUT2D eigenvalue weighted by molar-refractivity contribution is -0.386. The molecule has 9 nitrogen and oxygen atoms in total. The van der Waals surface area contributed by atoms with Crippen LogP contribution in [0.3, 0.4) is 0 Å². The van der Waals surface area contributed by atoms with E-state index in [1.165, 1.54) is 0 Å². The number of halogens is 1. The summed E-state index contributed by atoms with van der Waals surface area (Å²) in [5, 5.41) is 22.3. The maximum absolute atomic E-state index is 12.2. The number of rotatable bonds is 7. The average molecular weight is 447 g/mol. The van der Waals surface area contributed by atoms with Crippen molar-refractivity contribution >= 4 is 27.5 Å². The molecule has 3 aromatic rings. The maximum atomic E-state index is 12.2. The molecule has 0 aliphatic heterocycles. The lowest BCUT2D eigenvalue weighted by Gasteiger charge is -2.07. The Morgan fingerprint density at radius 3 is 2.57 bits per heavy atom. The van der Waals surface area contributed by atoms with Crippen molar-refractivity contribution < 1.29 is 9.72 Å². The highest BCUT2D eigenvalue weighted by Gasteiger charge is 2.21. The Morgan fingerprint density at radius 2 is 2.00 bits per heavy atom. The Hall–Kier alpha value is -3.01. The summed E-state index contributed by atoms with van der Waals surface area (Å²) < 4.78 is 4.23. The summed E-state index contributed by atoms with van der Waals surface area (Å²) in [4.78, 5) is 22.9. The second-order valence-electron chi connectivity index (χ2n) is 6.31. The average Bonchev–Trinajstić information content (AvgIpc) is 3.18. The molecule has 1 amide bonds. The van der Waals surface area contributed by atoms with Gasteiger partial charge in [-0.3, -0.25) is 24.3 Å². The predicted molar refractivity (Wildman–Crippen MR) is 106 cm³/mol. The summed E-state index contributed by atoms with van der Waals surface area (Å²) >= 11 is 3.33. The van der Waals surface area contributed by atoms with Crippen molar-refractivity contribution in [1.29, 1.82) is 0 Å². The molecule has 28 heavy (non-hydrogen) atoms. The van der Waals surface area contributed by atoms with Gasteiger partial charge in [0.2, 0.25) is 0 Å². The summed E-state index contributed by atoms with van der Waals surface area (Å²) in [7, 11) is 0. The Balaban J connectivity index is 1.59. The van der Waals surface area contributed by atoms with Crippen LogP contribution in [-0.2, 0) is 13.1 Å². The van der Waals surface area contributed by atoms with Gasteiger partial charge < -0.3 is 5.32 Å². The van der Waals surface area contributed by atoms with E-state index < -0.39 is 4.92 Å². The van der Waals surface area contributed by atoms with Crippen LogP contribution < -0.4 is 5.32 Å². The first-order valence-corrected chi connectivity index (χ1v) is 9.38. The van der Waals surface area contributed by atoms with Gasteiger partial charge in [0.05, 0.1) is 28.7 Å². The SMILES string of the molecule is Cc1nn(Cc2ccc(C(=O)NCCn3cc(Br)cn3)cc2)c(C)c1[N+](=O)[O-]. The summed E-state index contributed by atoms with van der Waals surface area (Å²) in [6, 6.07) is 7.11. The minimum atomic E-state index is -0.413. The van der Waals surface area contributed by atoms with Gasteiger partial charge in [-0.25, -0.2) is 0 Å². The zero-order valence-electron chi connectivity index (χ0n) is 15.4. The molecule has 0 spiro atoms. The van der Waals surface area contributed by atoms with Gasteiger partial charge in [0.15, 0.2) is 0 Å². The standard InChI is InChI=1S/C18H19BrN6O3/c1-12-17(25(27)28)13(2)24(22-12)10-14-3-5-15(6-4-14)18(26)20-7-8-23-11-16(19)9-21-23/h3-6,9,11H,7-8,10H2,1-2H3,(H,20,26). The molecular weight excluding hydrogens is 428 g/mol. The van der Waals surface area contributed by atoms with Crippen LogP contribution in [0.5, 0.6) is 0 Å². The van der Waals surface area contributed by atoms with E-state index in [0.717, 1.165) is 10.0 Å². The molecule has 0 atom stereocenters. The summed E-state index contributed by atoms with van der Waals surface area (Å²) in [6.07, 6.45) is 3.53. The molecule has 0 bridgehead atoms. The predicted octanol–water partition coefficient (Wildman–Crippen LogP) is 2.85. The second-order valence-corrected chi connectivity index (χ2v) is 7.22. The summed E-state index contributed by atoms with van der Waals surface area (Å²) in [6.45, 7) is 4.74. The first kappa shape index (κ1) is 19.7. The van der Waals surface area contributed by atoms with E-state index in [1.54, 1.807) is 41.5 Å². The minimum absolute atomic E-state index is 0.0419. The molecule has 1 aromatic carbocycles. The fourth-order valence-corrected chi connectivity index (χ4v) is 3.21. The number of carbonyl (C=O) groups excluding carboxylic acids is 1. The van der Waals surface area contributed by atoms with Gasteiger partial charge in [-0.15, -0.1) is 0 Å². The van der Waals surface area contributed by atoms with E-state index in [-0.39, 0.29) is 11.6 Å². The fraction of sp³-hybridized carbons (Fsp3) is 0.278. The highest BCUT2D eigenvalue weighted by molar-refractivity contribution is 9.10. The zero-order chi connectivity index (χ0) is 20.3. The van der Waals surface area contributed by atoms with Gasteiger partial charge in [-0.1, -0.05) is 12.1 Å². The number of nitrogens with zero attached hydrogens (tertiary/aromatic N) is 5. The van der Waals surface area contributed by atoms with Crippen LogP contribution in [-0.4, -0.2) is 36.9 Å². The number of hydrogen-bond donors (Lipinski definition) is 1. The number of benzene rings is 1. The molecular formula is C18H19BrN6O3. The Labute approximate surface area is 169 Å². The van der Waals surface area contributed by atoms with Crippen LogP contribution in [0.25, 0.3) is 0 Å². The van der Waals surface area contributed by atoms with E-state index >= 15 is 0 Å². The highest BCUT2D eigenvalue weighted by atomic mass is 79.9. The van der Waals surface area contributed by atoms with Crippen molar-refractivity contribution in [2.75, 3.05) is 6.54 Å². The van der Waals surface area contributed by atoms with Gasteiger partial charge in [0.25, 0.3) is 5.91 Å². The van der Waals surface area contributed by atoms with Crippen LogP contribution in [0.1, 0.15) is 27.3 Å². The van der Waals surface area contributed by atoms with Crippen LogP contribution in [0, 0.1) is 24.0 Å². The fourth-order valence-electron chi connectivity index (χ4n) is 2.89. The molecule has 0 aliphatic rings. The van der Waals surface area contributed by atoms with E-state index in [0.29, 0.717) is 36.6 Å². The molecule has 1 N–H and O–H groups in total. The normalized spacial score (nSPS) is 10.8. The quantitative estimate of drug-likeness (QED) is 0.443. The van der Waals surface area contributed by atoms with Crippen LogP contribution in [0.15, 0.2) is 41.1 Å². The molecule has 0 radical (unpaired) electrons. The molecule has 0 saturated carbocycles. The van der Waals surface area contributed by atoms with E-state index in [1.807, 2.05) is 18.3 Å². The van der Waals surface area contributed by atoms with Crippen molar-refractivity contribution in [2.24, 2.45) is 0 Å². The molecule has 0 unspecified atom stereocenters. The van der Waals surface area contributed by atoms with Gasteiger partial charge in [0, 0.05) is 18.3 Å². The van der Waals surface area contributed by atoms with Crippen molar-refractivity contribution in [3.63, 3.8) is 0 Å². The molecule has 0 aliphatic carbocycles. The van der Waals surface area contributed by atoms with Gasteiger partial charge in [-0.2, -0.15) is 10.2 Å². The number of amides is 1. The van der Waals surface area contributed by atoms with Crippen molar-refractivity contribution in [3.8, 4) is 0 Å². The molecule has 2 aromatic heterocycles. The molecule has 0 saturated heterocycles. The molecule has 3 rings (SSSR count). The minimum Gasteiger partial charge on any atom is -0.350 e. The molecule has 2 heterocycles.